The van der Waals surface area contributed by atoms with Gasteiger partial charge in [0.1, 0.15) is 0 Å². The molecule has 0 fully saturated rings. The first-order valence-electron chi connectivity index (χ1n) is 7.13. The Balaban J connectivity index is 2.57. The van der Waals surface area contributed by atoms with Crippen LogP contribution in [0.5, 0.6) is 0 Å². The van der Waals surface area contributed by atoms with Gasteiger partial charge in [0.2, 0.25) is 0 Å². The van der Waals surface area contributed by atoms with Gasteiger partial charge in [0.25, 0.3) is 0 Å². The highest BCUT2D eigenvalue weighted by Gasteiger charge is 2.21. The summed E-state index contributed by atoms with van der Waals surface area (Å²) in [6, 6.07) is 6.89. The first-order valence-corrected chi connectivity index (χ1v) is 9.72. The van der Waals surface area contributed by atoms with Gasteiger partial charge in [-0.2, -0.15) is 0 Å². The fraction of sp³-hybridized carbons (Fsp3) is 0.412. The number of thiophene rings is 1. The Morgan fingerprint density at radius 3 is 2.05 bits per heavy atom. The number of alkyl halides is 1. The Kier molecular flexibility index (Phi) is 5.88. The van der Waals surface area contributed by atoms with E-state index in [4.69, 9.17) is 0 Å². The van der Waals surface area contributed by atoms with Crippen LogP contribution in [0, 0.1) is 0 Å². The monoisotopic (exact) mass is 414 g/mol. The molecule has 1 aromatic carbocycles. The lowest BCUT2D eigenvalue weighted by atomic mass is 9.91. The molecule has 0 nitrogen and oxygen atoms in total. The molecule has 2 aromatic rings. The smallest absolute Gasteiger partial charge is 0.0754 e. The van der Waals surface area contributed by atoms with Crippen molar-refractivity contribution in [3.8, 4) is 0 Å². The van der Waals surface area contributed by atoms with Gasteiger partial charge in [-0.25, -0.2) is 0 Å². The molecule has 0 bridgehead atoms. The van der Waals surface area contributed by atoms with Gasteiger partial charge in [-0.3, -0.25) is 0 Å². The maximum atomic E-state index is 3.93. The normalized spacial score (nSPS) is 12.7. The van der Waals surface area contributed by atoms with Crippen molar-refractivity contribution in [2.45, 2.75) is 44.9 Å². The van der Waals surface area contributed by atoms with E-state index in [0.29, 0.717) is 0 Å². The molecular weight excluding hydrogens is 396 g/mol. The van der Waals surface area contributed by atoms with E-state index in [1.165, 1.54) is 31.6 Å². The van der Waals surface area contributed by atoms with E-state index in [1.807, 2.05) is 11.3 Å². The fourth-order valence-electron chi connectivity index (χ4n) is 2.58. The molecule has 3 heteroatoms. The van der Waals surface area contributed by atoms with Crippen molar-refractivity contribution in [2.24, 2.45) is 0 Å². The summed E-state index contributed by atoms with van der Waals surface area (Å²) in [5, 5.41) is 2.14. The minimum absolute atomic E-state index is 0.285. The highest BCUT2D eigenvalue weighted by Crippen LogP contribution is 2.42. The molecule has 1 heterocycles. The van der Waals surface area contributed by atoms with Gasteiger partial charge in [0.15, 0.2) is 0 Å². The van der Waals surface area contributed by atoms with Gasteiger partial charge in [-0.1, -0.05) is 48.8 Å². The Bertz CT molecular complexity index is 561. The van der Waals surface area contributed by atoms with Crippen molar-refractivity contribution in [3.05, 3.63) is 55.2 Å². The molecule has 1 unspecified atom stereocenters. The number of benzene rings is 1. The summed E-state index contributed by atoms with van der Waals surface area (Å²) in [5.41, 5.74) is 5.87. The zero-order valence-electron chi connectivity index (χ0n) is 12.2. The van der Waals surface area contributed by atoms with Crippen LogP contribution >= 0.6 is 43.2 Å². The summed E-state index contributed by atoms with van der Waals surface area (Å²) in [4.78, 5) is 1.64. The summed E-state index contributed by atoms with van der Waals surface area (Å²) >= 11 is 9.41. The number of hydrogen-bond donors (Lipinski definition) is 0. The maximum Gasteiger partial charge on any atom is 0.0754 e. The van der Waals surface area contributed by atoms with E-state index in [9.17, 15) is 0 Å². The van der Waals surface area contributed by atoms with Crippen LogP contribution in [0.4, 0.5) is 0 Å². The van der Waals surface area contributed by atoms with E-state index in [-0.39, 0.29) is 4.83 Å². The average molecular weight is 416 g/mol. The SMILES string of the molecule is CCc1cc(CC)c(C(Br)c2sccc2Br)c(CC)c1. The lowest BCUT2D eigenvalue weighted by Gasteiger charge is -2.20. The molecule has 1 atom stereocenters. The minimum atomic E-state index is 0.285. The minimum Gasteiger partial charge on any atom is -0.146 e. The maximum absolute atomic E-state index is 3.93. The predicted molar refractivity (Wildman–Crippen MR) is 97.4 cm³/mol. The number of halogens is 2. The molecule has 0 spiro atoms. The standard InChI is InChI=1S/C17H20Br2S/c1-4-11-9-12(5-2)15(13(6-3)10-11)16(19)17-14(18)7-8-20-17/h7-10,16H,4-6H2,1-3H3. The third-order valence-electron chi connectivity index (χ3n) is 3.71. The molecule has 0 aliphatic rings. The van der Waals surface area contributed by atoms with Crippen molar-refractivity contribution in [3.63, 3.8) is 0 Å². The van der Waals surface area contributed by atoms with Gasteiger partial charge in [-0.05, 0) is 68.9 Å². The van der Waals surface area contributed by atoms with Gasteiger partial charge in [-0.15, -0.1) is 11.3 Å². The molecule has 108 valence electrons. The zero-order chi connectivity index (χ0) is 14.7. The third-order valence-corrected chi connectivity index (χ3v) is 6.86. The quantitative estimate of drug-likeness (QED) is 0.477. The highest BCUT2D eigenvalue weighted by molar-refractivity contribution is 9.11. The van der Waals surface area contributed by atoms with E-state index >= 15 is 0 Å². The van der Waals surface area contributed by atoms with E-state index in [0.717, 1.165) is 19.3 Å². The van der Waals surface area contributed by atoms with Crippen LogP contribution in [0.25, 0.3) is 0 Å². The lowest BCUT2D eigenvalue weighted by molar-refractivity contribution is 0.980. The van der Waals surface area contributed by atoms with Gasteiger partial charge >= 0.3 is 0 Å². The molecule has 0 aliphatic carbocycles. The fourth-order valence-corrected chi connectivity index (χ4v) is 5.63. The van der Waals surface area contributed by atoms with Gasteiger partial charge in [0, 0.05) is 9.35 Å². The first kappa shape index (κ1) is 16.3. The summed E-state index contributed by atoms with van der Waals surface area (Å²) in [6.45, 7) is 6.73. The molecule has 0 saturated carbocycles. The van der Waals surface area contributed by atoms with E-state index in [2.05, 4.69) is 76.2 Å². The zero-order valence-corrected chi connectivity index (χ0v) is 16.2. The van der Waals surface area contributed by atoms with Crippen LogP contribution in [0.2, 0.25) is 0 Å². The average Bonchev–Trinajstić information content (AvgIpc) is 2.91. The number of rotatable bonds is 5. The van der Waals surface area contributed by atoms with Crippen LogP contribution in [-0.2, 0) is 19.3 Å². The Morgan fingerprint density at radius 2 is 1.65 bits per heavy atom. The van der Waals surface area contributed by atoms with Crippen molar-refractivity contribution in [1.82, 2.24) is 0 Å². The van der Waals surface area contributed by atoms with E-state index in [1.54, 1.807) is 0 Å². The van der Waals surface area contributed by atoms with Crippen molar-refractivity contribution in [2.75, 3.05) is 0 Å². The summed E-state index contributed by atoms with van der Waals surface area (Å²) in [5.74, 6) is 0. The second kappa shape index (κ2) is 7.24. The molecule has 0 saturated heterocycles. The first-order chi connectivity index (χ1) is 9.62. The Labute approximate surface area is 142 Å². The predicted octanol–water partition coefficient (Wildman–Crippen LogP) is 6.68. The Morgan fingerprint density at radius 1 is 1.05 bits per heavy atom. The van der Waals surface area contributed by atoms with Crippen LogP contribution in [0.3, 0.4) is 0 Å². The molecule has 20 heavy (non-hydrogen) atoms. The highest BCUT2D eigenvalue weighted by atomic mass is 79.9. The molecule has 0 N–H and O–H groups in total. The summed E-state index contributed by atoms with van der Waals surface area (Å²) in [7, 11) is 0. The molecule has 0 radical (unpaired) electrons. The lowest BCUT2D eigenvalue weighted by Crippen LogP contribution is -2.04. The van der Waals surface area contributed by atoms with Crippen molar-refractivity contribution >= 4 is 43.2 Å². The summed E-state index contributed by atoms with van der Waals surface area (Å²) < 4.78 is 1.20. The molecular formula is C17H20Br2S. The molecule has 0 amide bonds. The second-order valence-corrected chi connectivity index (χ2v) is 7.60. The largest absolute Gasteiger partial charge is 0.146 e. The number of aryl methyl sites for hydroxylation is 3. The van der Waals surface area contributed by atoms with Gasteiger partial charge in [0.05, 0.1) is 4.83 Å². The van der Waals surface area contributed by atoms with Crippen LogP contribution in [-0.4, -0.2) is 0 Å². The van der Waals surface area contributed by atoms with Crippen molar-refractivity contribution in [1.29, 1.82) is 0 Å². The van der Waals surface area contributed by atoms with Crippen molar-refractivity contribution < 1.29 is 0 Å². The van der Waals surface area contributed by atoms with Crippen LogP contribution in [0.1, 0.15) is 52.7 Å². The van der Waals surface area contributed by atoms with Crippen LogP contribution < -0.4 is 0 Å². The number of hydrogen-bond acceptors (Lipinski definition) is 1. The third kappa shape index (κ3) is 3.20. The molecule has 2 rings (SSSR count). The topological polar surface area (TPSA) is 0 Å². The Hall–Kier alpha value is -0.120. The van der Waals surface area contributed by atoms with Gasteiger partial charge < -0.3 is 0 Å². The van der Waals surface area contributed by atoms with E-state index < -0.39 is 0 Å². The molecule has 0 aliphatic heterocycles. The summed E-state index contributed by atoms with van der Waals surface area (Å²) in [6.07, 6.45) is 3.28. The second-order valence-electron chi connectivity index (χ2n) is 4.88. The van der Waals surface area contributed by atoms with Crippen LogP contribution in [0.15, 0.2) is 28.1 Å². The molecule has 1 aromatic heterocycles.